The van der Waals surface area contributed by atoms with Gasteiger partial charge in [0.1, 0.15) is 17.3 Å². The van der Waals surface area contributed by atoms with Crippen LogP contribution in [-0.4, -0.2) is 22.6 Å². The fraction of sp³-hybridized carbons (Fsp3) is 0.222. The number of benzene rings is 2. The molecule has 27 heavy (non-hydrogen) atoms. The van der Waals surface area contributed by atoms with Gasteiger partial charge >= 0.3 is 0 Å². The summed E-state index contributed by atoms with van der Waals surface area (Å²) in [4.78, 5) is 0. The predicted molar refractivity (Wildman–Crippen MR) is 102 cm³/mol. The highest BCUT2D eigenvalue weighted by Gasteiger charge is 2.16. The molecule has 0 bridgehead atoms. The lowest BCUT2D eigenvalue weighted by Crippen LogP contribution is -2.03. The van der Waals surface area contributed by atoms with Gasteiger partial charge in [-0.2, -0.15) is 0 Å². The predicted octanol–water partition coefficient (Wildman–Crippen LogP) is 5.83. The first-order chi connectivity index (χ1) is 13.0. The second-order valence-electron chi connectivity index (χ2n) is 5.39. The maximum absolute atomic E-state index is 12.9. The molecule has 0 fully saturated rings. The molecule has 5 nitrogen and oxygen atoms in total. The van der Waals surface area contributed by atoms with E-state index in [1.165, 1.54) is 36.0 Å². The molecule has 0 aliphatic heterocycles. The average molecular weight is 429 g/mol. The van der Waals surface area contributed by atoms with Crippen LogP contribution in [0.25, 0.3) is 0 Å². The Labute approximate surface area is 169 Å². The third kappa shape index (κ3) is 5.76. The van der Waals surface area contributed by atoms with E-state index in [-0.39, 0.29) is 5.82 Å². The first kappa shape index (κ1) is 19.8. The second-order valence-corrected chi connectivity index (χ2v) is 7.28. The molecule has 2 aromatic carbocycles. The van der Waals surface area contributed by atoms with Crippen LogP contribution < -0.4 is 9.47 Å². The zero-order valence-corrected chi connectivity index (χ0v) is 16.5. The van der Waals surface area contributed by atoms with E-state index in [1.54, 1.807) is 25.1 Å². The molecule has 0 N–H and O–H groups in total. The van der Waals surface area contributed by atoms with E-state index in [1.807, 2.05) is 0 Å². The largest absolute Gasteiger partial charge is 0.491 e. The Kier molecular flexibility index (Phi) is 6.82. The number of hydrogen-bond acceptors (Lipinski definition) is 6. The van der Waals surface area contributed by atoms with Crippen molar-refractivity contribution in [3.8, 4) is 11.5 Å². The number of hydrogen-bond donors (Lipinski definition) is 0. The molecule has 1 aromatic heterocycles. The molecule has 3 rings (SSSR count). The highest BCUT2D eigenvalue weighted by atomic mass is 35.5. The number of rotatable bonds is 8. The highest BCUT2D eigenvalue weighted by Crippen LogP contribution is 2.28. The van der Waals surface area contributed by atoms with Gasteiger partial charge in [0.05, 0.1) is 11.6 Å². The van der Waals surface area contributed by atoms with E-state index in [4.69, 9.17) is 37.1 Å². The molecule has 1 heterocycles. The van der Waals surface area contributed by atoms with Crippen LogP contribution in [0.5, 0.6) is 11.5 Å². The number of halogens is 3. The van der Waals surface area contributed by atoms with Gasteiger partial charge in [0, 0.05) is 10.8 Å². The monoisotopic (exact) mass is 428 g/mol. The minimum atomic E-state index is -0.457. The van der Waals surface area contributed by atoms with Gasteiger partial charge in [-0.1, -0.05) is 35.0 Å². The summed E-state index contributed by atoms with van der Waals surface area (Å²) in [6.07, 6.45) is -0.457. The van der Waals surface area contributed by atoms with Crippen LogP contribution in [0.2, 0.25) is 10.0 Å². The Balaban J connectivity index is 1.46. The molecular formula is C18H15Cl2FN2O3S. The summed E-state index contributed by atoms with van der Waals surface area (Å²) < 4.78 is 29.8. The molecule has 142 valence electrons. The summed E-state index contributed by atoms with van der Waals surface area (Å²) in [5.74, 6) is 1.68. The van der Waals surface area contributed by atoms with Crippen LogP contribution in [0.1, 0.15) is 18.9 Å². The van der Waals surface area contributed by atoms with Crippen molar-refractivity contribution in [3.05, 3.63) is 64.2 Å². The molecule has 0 aliphatic rings. The SMILES string of the molecule is C[C@@H](Oc1ccc(F)cc1)c1nnc(SCCOc2ccc(Cl)cc2Cl)o1. The smallest absolute Gasteiger partial charge is 0.276 e. The van der Waals surface area contributed by atoms with Crippen LogP contribution >= 0.6 is 35.0 Å². The van der Waals surface area contributed by atoms with Crippen molar-refractivity contribution in [1.29, 1.82) is 0 Å². The molecule has 0 unspecified atom stereocenters. The van der Waals surface area contributed by atoms with Crippen molar-refractivity contribution < 1.29 is 18.3 Å². The van der Waals surface area contributed by atoms with Gasteiger partial charge in [-0.05, 0) is 49.4 Å². The summed E-state index contributed by atoms with van der Waals surface area (Å²) in [6, 6.07) is 10.8. The first-order valence-electron chi connectivity index (χ1n) is 7.97. The number of nitrogens with zero attached hydrogens (tertiary/aromatic N) is 2. The Hall–Kier alpha value is -1.96. The third-order valence-electron chi connectivity index (χ3n) is 3.36. The van der Waals surface area contributed by atoms with Crippen LogP contribution in [0.4, 0.5) is 4.39 Å². The minimum Gasteiger partial charge on any atom is -0.491 e. The molecular weight excluding hydrogens is 414 g/mol. The van der Waals surface area contributed by atoms with Crippen molar-refractivity contribution in [3.63, 3.8) is 0 Å². The average Bonchev–Trinajstić information content (AvgIpc) is 3.11. The van der Waals surface area contributed by atoms with Crippen LogP contribution in [0.15, 0.2) is 52.1 Å². The van der Waals surface area contributed by atoms with Gasteiger partial charge in [-0.15, -0.1) is 10.2 Å². The fourth-order valence-electron chi connectivity index (χ4n) is 2.08. The van der Waals surface area contributed by atoms with Crippen LogP contribution in [-0.2, 0) is 0 Å². The van der Waals surface area contributed by atoms with Gasteiger partial charge in [0.2, 0.25) is 0 Å². The van der Waals surface area contributed by atoms with E-state index in [2.05, 4.69) is 10.2 Å². The summed E-state index contributed by atoms with van der Waals surface area (Å²) in [7, 11) is 0. The van der Waals surface area contributed by atoms with E-state index < -0.39 is 6.10 Å². The first-order valence-corrected chi connectivity index (χ1v) is 9.71. The molecule has 3 aromatic rings. The molecule has 0 amide bonds. The maximum atomic E-state index is 12.9. The highest BCUT2D eigenvalue weighted by molar-refractivity contribution is 7.99. The topological polar surface area (TPSA) is 57.4 Å². The lowest BCUT2D eigenvalue weighted by atomic mass is 10.3. The molecule has 0 spiro atoms. The van der Waals surface area contributed by atoms with Crippen molar-refractivity contribution >= 4 is 35.0 Å². The van der Waals surface area contributed by atoms with E-state index in [0.29, 0.717) is 45.0 Å². The Bertz CT molecular complexity index is 893. The van der Waals surface area contributed by atoms with E-state index in [9.17, 15) is 4.39 Å². The van der Waals surface area contributed by atoms with Crippen LogP contribution in [0, 0.1) is 5.82 Å². The Morgan fingerprint density at radius 2 is 1.93 bits per heavy atom. The van der Waals surface area contributed by atoms with Crippen LogP contribution in [0.3, 0.4) is 0 Å². The van der Waals surface area contributed by atoms with E-state index >= 15 is 0 Å². The normalized spacial score (nSPS) is 12.0. The molecule has 0 aliphatic carbocycles. The molecule has 9 heteroatoms. The zero-order valence-electron chi connectivity index (χ0n) is 14.2. The van der Waals surface area contributed by atoms with Crippen molar-refractivity contribution in [2.45, 2.75) is 18.3 Å². The summed E-state index contributed by atoms with van der Waals surface area (Å²) in [5.41, 5.74) is 0. The standard InChI is InChI=1S/C18H15Cl2FN2O3S/c1-11(25-14-5-3-13(21)4-6-14)17-22-23-18(26-17)27-9-8-24-16-7-2-12(19)10-15(16)20/h2-7,10-11H,8-9H2,1H3/t11-/m1/s1. The lowest BCUT2D eigenvalue weighted by molar-refractivity contribution is 0.181. The quantitative estimate of drug-likeness (QED) is 0.332. The summed E-state index contributed by atoms with van der Waals surface area (Å²) >= 11 is 13.2. The molecule has 1 atom stereocenters. The number of aromatic nitrogens is 2. The number of thioether (sulfide) groups is 1. The lowest BCUT2D eigenvalue weighted by Gasteiger charge is -2.10. The number of ether oxygens (including phenoxy) is 2. The molecule has 0 saturated carbocycles. The zero-order chi connectivity index (χ0) is 19.2. The van der Waals surface area contributed by atoms with Crippen molar-refractivity contribution in [2.24, 2.45) is 0 Å². The summed E-state index contributed by atoms with van der Waals surface area (Å²) in [5, 5.41) is 9.37. The van der Waals surface area contributed by atoms with Gasteiger partial charge in [0.25, 0.3) is 11.1 Å². The molecule has 0 saturated heterocycles. The maximum Gasteiger partial charge on any atom is 0.276 e. The van der Waals surface area contributed by atoms with E-state index in [0.717, 1.165) is 0 Å². The van der Waals surface area contributed by atoms with Gasteiger partial charge in [0.15, 0.2) is 6.10 Å². The van der Waals surface area contributed by atoms with Gasteiger partial charge < -0.3 is 13.9 Å². The van der Waals surface area contributed by atoms with Crippen molar-refractivity contribution in [2.75, 3.05) is 12.4 Å². The Morgan fingerprint density at radius 3 is 2.67 bits per heavy atom. The fourth-order valence-corrected chi connectivity index (χ4v) is 3.13. The van der Waals surface area contributed by atoms with Gasteiger partial charge in [-0.25, -0.2) is 4.39 Å². The third-order valence-corrected chi connectivity index (χ3v) is 4.67. The molecule has 0 radical (unpaired) electrons. The van der Waals surface area contributed by atoms with Gasteiger partial charge in [-0.3, -0.25) is 0 Å². The Morgan fingerprint density at radius 1 is 1.15 bits per heavy atom. The van der Waals surface area contributed by atoms with Crippen molar-refractivity contribution in [1.82, 2.24) is 10.2 Å². The second kappa shape index (κ2) is 9.30. The summed E-state index contributed by atoms with van der Waals surface area (Å²) in [6.45, 7) is 2.18. The minimum absolute atomic E-state index is 0.325.